The molecule has 2 N–H and O–H groups in total. The largest absolute Gasteiger partial charge is 0.376 e. The molecule has 0 aliphatic heterocycles. The van der Waals surface area contributed by atoms with Crippen LogP contribution < -0.4 is 10.6 Å². The van der Waals surface area contributed by atoms with Gasteiger partial charge < -0.3 is 10.6 Å². The Morgan fingerprint density at radius 2 is 1.71 bits per heavy atom. The highest BCUT2D eigenvalue weighted by molar-refractivity contribution is 7.89. The number of carbonyl (C=O) groups excluding carboxylic acids is 1. The van der Waals surface area contributed by atoms with E-state index in [4.69, 9.17) is 23.2 Å². The summed E-state index contributed by atoms with van der Waals surface area (Å²) in [6.45, 7) is -0.0381. The number of amides is 1. The lowest BCUT2D eigenvalue weighted by Crippen LogP contribution is -2.22. The summed E-state index contributed by atoms with van der Waals surface area (Å²) in [6.07, 6.45) is 1.16. The van der Waals surface area contributed by atoms with Crippen LogP contribution in [0.5, 0.6) is 0 Å². The van der Waals surface area contributed by atoms with Crippen LogP contribution in [0.15, 0.2) is 42.5 Å². The number of sulfone groups is 1. The summed E-state index contributed by atoms with van der Waals surface area (Å²) in [6, 6.07) is 11.9. The molecular weight excluding hydrogens is 371 g/mol. The van der Waals surface area contributed by atoms with Crippen LogP contribution in [0, 0.1) is 0 Å². The van der Waals surface area contributed by atoms with Crippen LogP contribution in [0.3, 0.4) is 0 Å². The molecule has 0 aromatic heterocycles. The molecule has 24 heavy (non-hydrogen) atoms. The molecule has 0 unspecified atom stereocenters. The molecular formula is C16H16Cl2N2O3S. The van der Waals surface area contributed by atoms with Gasteiger partial charge in [-0.15, -0.1) is 0 Å². The van der Waals surface area contributed by atoms with Gasteiger partial charge in [-0.05, 0) is 23.8 Å². The third-order valence-corrected chi connectivity index (χ3v) is 4.75. The van der Waals surface area contributed by atoms with E-state index in [1.54, 1.807) is 42.5 Å². The fourth-order valence-electron chi connectivity index (χ4n) is 2.07. The highest BCUT2D eigenvalue weighted by Crippen LogP contribution is 2.29. The van der Waals surface area contributed by atoms with E-state index in [9.17, 15) is 13.2 Å². The maximum Gasteiger partial charge on any atom is 0.243 e. The van der Waals surface area contributed by atoms with Crippen LogP contribution in [0.1, 0.15) is 5.56 Å². The Bertz CT molecular complexity index is 854. The van der Waals surface area contributed by atoms with E-state index in [1.807, 2.05) is 0 Å². The van der Waals surface area contributed by atoms with E-state index in [2.05, 4.69) is 10.6 Å². The molecule has 0 bridgehead atoms. The Hall–Kier alpha value is -1.76. The molecule has 0 saturated carbocycles. The Labute approximate surface area is 150 Å². The number of hydrogen-bond acceptors (Lipinski definition) is 4. The molecule has 2 aromatic rings. The van der Waals surface area contributed by atoms with Crippen molar-refractivity contribution in [3.63, 3.8) is 0 Å². The molecule has 0 aliphatic carbocycles. The molecule has 0 spiro atoms. The highest BCUT2D eigenvalue weighted by atomic mass is 35.5. The second kappa shape index (κ2) is 7.88. The maximum absolute atomic E-state index is 12.1. The van der Waals surface area contributed by atoms with Crippen LogP contribution >= 0.6 is 23.2 Å². The quantitative estimate of drug-likeness (QED) is 0.795. The van der Waals surface area contributed by atoms with Gasteiger partial charge in [-0.1, -0.05) is 47.5 Å². The minimum atomic E-state index is -3.17. The van der Waals surface area contributed by atoms with Gasteiger partial charge in [0.15, 0.2) is 9.84 Å². The van der Waals surface area contributed by atoms with Gasteiger partial charge >= 0.3 is 0 Å². The number of halogens is 2. The van der Waals surface area contributed by atoms with E-state index >= 15 is 0 Å². The summed E-state index contributed by atoms with van der Waals surface area (Å²) in [4.78, 5) is 12.1. The molecule has 2 rings (SSSR count). The lowest BCUT2D eigenvalue weighted by Gasteiger charge is -2.12. The van der Waals surface area contributed by atoms with Crippen molar-refractivity contribution < 1.29 is 13.2 Å². The molecule has 128 valence electrons. The number of rotatable bonds is 6. The van der Waals surface area contributed by atoms with E-state index in [0.717, 1.165) is 6.26 Å². The zero-order valence-electron chi connectivity index (χ0n) is 12.8. The monoisotopic (exact) mass is 386 g/mol. The zero-order valence-corrected chi connectivity index (χ0v) is 15.2. The predicted octanol–water partition coefficient (Wildman–Crippen LogP) is 3.59. The standard InChI is InChI=1S/C16H16Cl2N2O3S/c1-24(22,23)10-11-5-2-3-7-13(11)19-9-15(21)20-14-8-4-6-12(17)16(14)18/h2-8,19H,9-10H2,1H3,(H,20,21). The zero-order chi connectivity index (χ0) is 17.7. The van der Waals surface area contributed by atoms with Crippen molar-refractivity contribution in [2.75, 3.05) is 23.4 Å². The van der Waals surface area contributed by atoms with E-state index in [0.29, 0.717) is 22.0 Å². The van der Waals surface area contributed by atoms with Crippen LogP contribution in [-0.4, -0.2) is 27.1 Å². The maximum atomic E-state index is 12.1. The molecule has 0 atom stereocenters. The number of hydrogen-bond donors (Lipinski definition) is 2. The van der Waals surface area contributed by atoms with Crippen molar-refractivity contribution in [2.45, 2.75) is 5.75 Å². The number of nitrogens with one attached hydrogen (secondary N) is 2. The molecule has 5 nitrogen and oxygen atoms in total. The Kier molecular flexibility index (Phi) is 6.10. The highest BCUT2D eigenvalue weighted by Gasteiger charge is 2.11. The smallest absolute Gasteiger partial charge is 0.243 e. The third kappa shape index (κ3) is 5.40. The van der Waals surface area contributed by atoms with Crippen molar-refractivity contribution in [3.05, 3.63) is 58.1 Å². The average molecular weight is 387 g/mol. The molecule has 8 heteroatoms. The first-order chi connectivity index (χ1) is 11.3. The molecule has 2 aromatic carbocycles. The van der Waals surface area contributed by atoms with Crippen molar-refractivity contribution >= 4 is 50.3 Å². The van der Waals surface area contributed by atoms with Crippen molar-refractivity contribution in [1.82, 2.24) is 0 Å². The Morgan fingerprint density at radius 1 is 1.04 bits per heavy atom. The minimum Gasteiger partial charge on any atom is -0.376 e. The van der Waals surface area contributed by atoms with Gasteiger partial charge in [0.2, 0.25) is 5.91 Å². The summed E-state index contributed by atoms with van der Waals surface area (Å²) >= 11 is 11.9. The van der Waals surface area contributed by atoms with Crippen LogP contribution in [0.2, 0.25) is 10.0 Å². The van der Waals surface area contributed by atoms with Crippen molar-refractivity contribution in [3.8, 4) is 0 Å². The second-order valence-corrected chi connectivity index (χ2v) is 8.16. The van der Waals surface area contributed by atoms with Gasteiger partial charge in [0.25, 0.3) is 0 Å². The number of anilines is 2. The second-order valence-electron chi connectivity index (χ2n) is 5.23. The molecule has 1 amide bonds. The van der Waals surface area contributed by atoms with Crippen LogP contribution in [0.25, 0.3) is 0 Å². The predicted molar refractivity (Wildman–Crippen MR) is 98.6 cm³/mol. The fraction of sp³-hybridized carbons (Fsp3) is 0.188. The Balaban J connectivity index is 2.03. The van der Waals surface area contributed by atoms with Gasteiger partial charge in [-0.2, -0.15) is 0 Å². The average Bonchev–Trinajstić information content (AvgIpc) is 2.49. The van der Waals surface area contributed by atoms with Gasteiger partial charge in [0.05, 0.1) is 28.0 Å². The van der Waals surface area contributed by atoms with Crippen molar-refractivity contribution in [2.24, 2.45) is 0 Å². The molecule has 0 heterocycles. The summed E-state index contributed by atoms with van der Waals surface area (Å²) in [5.74, 6) is -0.425. The fourth-order valence-corrected chi connectivity index (χ4v) is 3.24. The van der Waals surface area contributed by atoms with Crippen LogP contribution in [0.4, 0.5) is 11.4 Å². The van der Waals surface area contributed by atoms with Gasteiger partial charge in [0, 0.05) is 11.9 Å². The molecule has 0 saturated heterocycles. The minimum absolute atomic E-state index is 0.0381. The number of carbonyl (C=O) groups is 1. The lowest BCUT2D eigenvalue weighted by molar-refractivity contribution is -0.114. The van der Waals surface area contributed by atoms with E-state index < -0.39 is 9.84 Å². The third-order valence-electron chi connectivity index (χ3n) is 3.10. The van der Waals surface area contributed by atoms with Gasteiger partial charge in [0.1, 0.15) is 0 Å². The van der Waals surface area contributed by atoms with Crippen LogP contribution in [-0.2, 0) is 20.4 Å². The summed E-state index contributed by atoms with van der Waals surface area (Å²) < 4.78 is 22.9. The summed E-state index contributed by atoms with van der Waals surface area (Å²) in [5.41, 5.74) is 1.62. The topological polar surface area (TPSA) is 75.3 Å². The van der Waals surface area contributed by atoms with E-state index in [-0.39, 0.29) is 23.2 Å². The first-order valence-electron chi connectivity index (χ1n) is 6.99. The Morgan fingerprint density at radius 3 is 2.42 bits per heavy atom. The van der Waals surface area contributed by atoms with E-state index in [1.165, 1.54) is 0 Å². The molecule has 0 radical (unpaired) electrons. The normalized spacial score (nSPS) is 11.1. The van der Waals surface area contributed by atoms with Gasteiger partial charge in [-0.3, -0.25) is 4.79 Å². The number of benzene rings is 2. The summed E-state index contributed by atoms with van der Waals surface area (Å²) in [5, 5.41) is 6.21. The van der Waals surface area contributed by atoms with Crippen molar-refractivity contribution in [1.29, 1.82) is 0 Å². The van der Waals surface area contributed by atoms with Gasteiger partial charge in [-0.25, -0.2) is 8.42 Å². The number of para-hydroxylation sites is 1. The molecule has 0 aliphatic rings. The molecule has 0 fully saturated rings. The first kappa shape index (κ1) is 18.6. The SMILES string of the molecule is CS(=O)(=O)Cc1ccccc1NCC(=O)Nc1cccc(Cl)c1Cl. The first-order valence-corrected chi connectivity index (χ1v) is 9.81. The summed E-state index contributed by atoms with van der Waals surface area (Å²) in [7, 11) is -3.17. The lowest BCUT2D eigenvalue weighted by atomic mass is 10.2.